The Morgan fingerprint density at radius 3 is 3.00 bits per heavy atom. The van der Waals surface area contributed by atoms with E-state index in [0.29, 0.717) is 26.2 Å². The number of amides is 1. The molecule has 6 heteroatoms. The molecule has 0 saturated carbocycles. The second-order valence-electron chi connectivity index (χ2n) is 4.72. The van der Waals surface area contributed by atoms with Crippen LogP contribution in [0, 0.1) is 0 Å². The summed E-state index contributed by atoms with van der Waals surface area (Å²) in [6.07, 6.45) is 4.27. The second kappa shape index (κ2) is 6.68. The Morgan fingerprint density at radius 2 is 2.42 bits per heavy atom. The summed E-state index contributed by atoms with van der Waals surface area (Å²) in [4.78, 5) is 13.9. The standard InChI is InChI=1S/C13H21N3O3/c1-2-16(11-9-19-10-12(11)17)13(18)5-3-7-15-8-4-6-14-15/h4,6,8,11-12,17H,2-3,5,7,9-10H2,1H3/t11-,12-/m1/s1. The monoisotopic (exact) mass is 267 g/mol. The van der Waals surface area contributed by atoms with Gasteiger partial charge in [0, 0.05) is 31.9 Å². The van der Waals surface area contributed by atoms with Crippen LogP contribution in [0.4, 0.5) is 0 Å². The SMILES string of the molecule is CCN(C(=O)CCCn1cccn1)[C@@H]1COC[C@H]1O. The van der Waals surface area contributed by atoms with E-state index in [2.05, 4.69) is 5.10 Å². The molecule has 2 heterocycles. The molecule has 0 aromatic carbocycles. The minimum absolute atomic E-state index is 0.0733. The van der Waals surface area contributed by atoms with Crippen molar-refractivity contribution in [3.8, 4) is 0 Å². The van der Waals surface area contributed by atoms with Gasteiger partial charge >= 0.3 is 0 Å². The van der Waals surface area contributed by atoms with Crippen molar-refractivity contribution < 1.29 is 14.6 Å². The topological polar surface area (TPSA) is 67.6 Å². The molecule has 0 spiro atoms. The average molecular weight is 267 g/mol. The Kier molecular flexibility index (Phi) is 4.93. The lowest BCUT2D eigenvalue weighted by Crippen LogP contribution is -2.46. The molecule has 1 aromatic rings. The highest BCUT2D eigenvalue weighted by atomic mass is 16.5. The fourth-order valence-corrected chi connectivity index (χ4v) is 2.39. The zero-order valence-electron chi connectivity index (χ0n) is 11.2. The summed E-state index contributed by atoms with van der Waals surface area (Å²) in [6.45, 7) is 4.02. The molecule has 1 aliphatic rings. The first-order chi connectivity index (χ1) is 9.22. The van der Waals surface area contributed by atoms with Gasteiger partial charge in [0.25, 0.3) is 0 Å². The summed E-state index contributed by atoms with van der Waals surface area (Å²) in [5.74, 6) is 0.0733. The molecular weight excluding hydrogens is 246 g/mol. The number of carbonyl (C=O) groups is 1. The van der Waals surface area contributed by atoms with Crippen LogP contribution in [0.5, 0.6) is 0 Å². The molecule has 0 radical (unpaired) electrons. The molecule has 0 bridgehead atoms. The van der Waals surface area contributed by atoms with Gasteiger partial charge in [0.2, 0.25) is 5.91 Å². The van der Waals surface area contributed by atoms with E-state index in [9.17, 15) is 9.90 Å². The average Bonchev–Trinajstić information content (AvgIpc) is 3.03. The van der Waals surface area contributed by atoms with Crippen LogP contribution < -0.4 is 0 Å². The van der Waals surface area contributed by atoms with Gasteiger partial charge in [0.1, 0.15) is 0 Å². The van der Waals surface area contributed by atoms with E-state index in [-0.39, 0.29) is 11.9 Å². The normalized spacial score (nSPS) is 22.6. The Labute approximate surface area is 113 Å². The Balaban J connectivity index is 1.80. The lowest BCUT2D eigenvalue weighted by Gasteiger charge is -2.28. The number of aliphatic hydroxyl groups is 1. The summed E-state index contributed by atoms with van der Waals surface area (Å²) in [6, 6.07) is 1.68. The summed E-state index contributed by atoms with van der Waals surface area (Å²) in [5, 5.41) is 13.9. The third kappa shape index (κ3) is 3.54. The van der Waals surface area contributed by atoms with E-state index in [1.807, 2.05) is 23.9 Å². The van der Waals surface area contributed by atoms with Gasteiger partial charge in [-0.3, -0.25) is 9.48 Å². The first-order valence-electron chi connectivity index (χ1n) is 6.75. The van der Waals surface area contributed by atoms with Gasteiger partial charge in [-0.2, -0.15) is 5.10 Å². The van der Waals surface area contributed by atoms with Crippen molar-refractivity contribution in [2.75, 3.05) is 19.8 Å². The molecule has 1 fully saturated rings. The maximum Gasteiger partial charge on any atom is 0.223 e. The van der Waals surface area contributed by atoms with E-state index in [0.717, 1.165) is 13.0 Å². The number of aliphatic hydroxyl groups excluding tert-OH is 1. The fourth-order valence-electron chi connectivity index (χ4n) is 2.39. The molecule has 1 amide bonds. The molecule has 0 aliphatic carbocycles. The Hall–Kier alpha value is -1.40. The largest absolute Gasteiger partial charge is 0.388 e. The molecular formula is C13H21N3O3. The molecule has 1 aromatic heterocycles. The number of ether oxygens (including phenoxy) is 1. The van der Waals surface area contributed by atoms with Gasteiger partial charge in [-0.15, -0.1) is 0 Å². The Bertz CT molecular complexity index is 394. The number of nitrogens with zero attached hydrogens (tertiary/aromatic N) is 3. The minimum Gasteiger partial charge on any atom is -0.388 e. The summed E-state index contributed by atoms with van der Waals surface area (Å²) in [7, 11) is 0. The van der Waals surface area contributed by atoms with Gasteiger partial charge in [0.15, 0.2) is 0 Å². The molecule has 106 valence electrons. The molecule has 0 unspecified atom stereocenters. The lowest BCUT2D eigenvalue weighted by molar-refractivity contribution is -0.135. The van der Waals surface area contributed by atoms with Crippen LogP contribution in [0.1, 0.15) is 19.8 Å². The smallest absolute Gasteiger partial charge is 0.223 e. The van der Waals surface area contributed by atoms with Crippen molar-refractivity contribution in [1.29, 1.82) is 0 Å². The minimum atomic E-state index is -0.560. The zero-order valence-corrected chi connectivity index (χ0v) is 11.2. The number of aromatic nitrogens is 2. The molecule has 1 N–H and O–H groups in total. The van der Waals surface area contributed by atoms with Crippen LogP contribution in [0.3, 0.4) is 0 Å². The molecule has 2 atom stereocenters. The molecule has 19 heavy (non-hydrogen) atoms. The fraction of sp³-hybridized carbons (Fsp3) is 0.692. The van der Waals surface area contributed by atoms with Crippen LogP contribution >= 0.6 is 0 Å². The Morgan fingerprint density at radius 1 is 1.58 bits per heavy atom. The van der Waals surface area contributed by atoms with Crippen LogP contribution in [0.15, 0.2) is 18.5 Å². The molecule has 6 nitrogen and oxygen atoms in total. The summed E-state index contributed by atoms with van der Waals surface area (Å²) >= 11 is 0. The third-order valence-corrected chi connectivity index (χ3v) is 3.42. The number of hydrogen-bond donors (Lipinski definition) is 1. The van der Waals surface area contributed by atoms with Crippen molar-refractivity contribution in [2.45, 2.75) is 38.5 Å². The highest BCUT2D eigenvalue weighted by Crippen LogP contribution is 2.15. The van der Waals surface area contributed by atoms with E-state index in [1.165, 1.54) is 0 Å². The predicted molar refractivity (Wildman–Crippen MR) is 69.5 cm³/mol. The quantitative estimate of drug-likeness (QED) is 0.803. The summed E-state index contributed by atoms with van der Waals surface area (Å²) < 4.78 is 7.02. The first-order valence-corrected chi connectivity index (χ1v) is 6.75. The van der Waals surface area contributed by atoms with Crippen LogP contribution in [-0.4, -0.2) is 57.6 Å². The molecule has 1 saturated heterocycles. The highest BCUT2D eigenvalue weighted by molar-refractivity contribution is 5.76. The van der Waals surface area contributed by atoms with Gasteiger partial charge < -0.3 is 14.7 Å². The maximum atomic E-state index is 12.2. The maximum absolute atomic E-state index is 12.2. The van der Waals surface area contributed by atoms with E-state index in [4.69, 9.17) is 4.74 Å². The number of likely N-dealkylation sites (N-methyl/N-ethyl adjacent to an activating group) is 1. The predicted octanol–water partition coefficient (Wildman–Crippen LogP) is 0.272. The van der Waals surface area contributed by atoms with Gasteiger partial charge in [-0.05, 0) is 19.4 Å². The van der Waals surface area contributed by atoms with E-state index in [1.54, 1.807) is 11.1 Å². The lowest BCUT2D eigenvalue weighted by atomic mass is 10.1. The van der Waals surface area contributed by atoms with Crippen LogP contribution in [0.25, 0.3) is 0 Å². The highest BCUT2D eigenvalue weighted by Gasteiger charge is 2.33. The van der Waals surface area contributed by atoms with E-state index >= 15 is 0 Å². The number of aryl methyl sites for hydroxylation is 1. The van der Waals surface area contributed by atoms with Crippen molar-refractivity contribution in [3.05, 3.63) is 18.5 Å². The second-order valence-corrected chi connectivity index (χ2v) is 4.72. The third-order valence-electron chi connectivity index (χ3n) is 3.42. The number of carbonyl (C=O) groups excluding carboxylic acids is 1. The van der Waals surface area contributed by atoms with E-state index < -0.39 is 6.10 Å². The molecule has 2 rings (SSSR count). The van der Waals surface area contributed by atoms with Gasteiger partial charge in [-0.25, -0.2) is 0 Å². The molecule has 1 aliphatic heterocycles. The van der Waals surface area contributed by atoms with Crippen molar-refractivity contribution in [3.63, 3.8) is 0 Å². The van der Waals surface area contributed by atoms with Crippen molar-refractivity contribution >= 4 is 5.91 Å². The van der Waals surface area contributed by atoms with Gasteiger partial charge in [-0.1, -0.05) is 0 Å². The van der Waals surface area contributed by atoms with Crippen LogP contribution in [-0.2, 0) is 16.1 Å². The van der Waals surface area contributed by atoms with Gasteiger partial charge in [0.05, 0.1) is 25.4 Å². The first kappa shape index (κ1) is 14.0. The van der Waals surface area contributed by atoms with Crippen molar-refractivity contribution in [2.24, 2.45) is 0 Å². The number of rotatable bonds is 6. The number of hydrogen-bond acceptors (Lipinski definition) is 4. The zero-order chi connectivity index (χ0) is 13.7. The van der Waals surface area contributed by atoms with Crippen molar-refractivity contribution in [1.82, 2.24) is 14.7 Å². The summed E-state index contributed by atoms with van der Waals surface area (Å²) in [5.41, 5.74) is 0. The van der Waals surface area contributed by atoms with Crippen LogP contribution in [0.2, 0.25) is 0 Å².